The van der Waals surface area contributed by atoms with Crippen molar-refractivity contribution in [1.82, 2.24) is 14.8 Å². The number of aliphatic hydroxyl groups excluding tert-OH is 1. The summed E-state index contributed by atoms with van der Waals surface area (Å²) < 4.78 is 5.56. The molecule has 1 aromatic carbocycles. The van der Waals surface area contributed by atoms with Crippen LogP contribution >= 0.6 is 11.3 Å². The molecule has 3 aliphatic heterocycles. The third-order valence-electron chi connectivity index (χ3n) is 6.91. The smallest absolute Gasteiger partial charge is 0.107 e. The number of nitrogens with zero attached hydrogens (tertiary/aromatic N) is 3. The van der Waals surface area contributed by atoms with Crippen molar-refractivity contribution in [1.29, 1.82) is 0 Å². The average Bonchev–Trinajstić information content (AvgIpc) is 3.21. The van der Waals surface area contributed by atoms with Gasteiger partial charge in [0.2, 0.25) is 0 Å². The maximum atomic E-state index is 10.3. The minimum absolute atomic E-state index is 0.157. The molecule has 5 nitrogen and oxygen atoms in total. The van der Waals surface area contributed by atoms with E-state index in [9.17, 15) is 5.11 Å². The topological polar surface area (TPSA) is 48.8 Å². The van der Waals surface area contributed by atoms with Crippen LogP contribution in [0.3, 0.4) is 0 Å². The molecule has 1 aromatic heterocycles. The molecular weight excluding hydrogens is 370 g/mol. The van der Waals surface area contributed by atoms with Crippen molar-refractivity contribution in [3.8, 4) is 0 Å². The van der Waals surface area contributed by atoms with E-state index in [2.05, 4.69) is 50.5 Å². The van der Waals surface area contributed by atoms with Crippen molar-refractivity contribution in [2.45, 2.75) is 36.9 Å². The van der Waals surface area contributed by atoms with Gasteiger partial charge >= 0.3 is 0 Å². The molecule has 28 heavy (non-hydrogen) atoms. The highest BCUT2D eigenvalue weighted by Gasteiger charge is 2.65. The Morgan fingerprint density at radius 3 is 2.64 bits per heavy atom. The van der Waals surface area contributed by atoms with Crippen LogP contribution in [-0.4, -0.2) is 70.9 Å². The molecule has 1 spiro atoms. The minimum Gasteiger partial charge on any atom is -0.395 e. The Hall–Kier alpha value is -1.31. The second-order valence-electron chi connectivity index (χ2n) is 8.52. The van der Waals surface area contributed by atoms with Crippen LogP contribution < -0.4 is 0 Å². The van der Waals surface area contributed by atoms with Crippen LogP contribution in [0.2, 0.25) is 0 Å². The van der Waals surface area contributed by atoms with Crippen LogP contribution in [0.25, 0.3) is 0 Å². The Morgan fingerprint density at radius 1 is 1.18 bits per heavy atom. The molecule has 0 radical (unpaired) electrons. The summed E-state index contributed by atoms with van der Waals surface area (Å²) in [5, 5.41) is 13.5. The van der Waals surface area contributed by atoms with E-state index >= 15 is 0 Å². The van der Waals surface area contributed by atoms with Gasteiger partial charge in [0.15, 0.2) is 0 Å². The van der Waals surface area contributed by atoms with Crippen LogP contribution in [0.1, 0.15) is 29.3 Å². The predicted molar refractivity (Wildman–Crippen MR) is 110 cm³/mol. The third kappa shape index (κ3) is 3.21. The van der Waals surface area contributed by atoms with E-state index in [4.69, 9.17) is 4.74 Å². The molecule has 0 amide bonds. The van der Waals surface area contributed by atoms with Gasteiger partial charge in [-0.15, -0.1) is 11.3 Å². The molecule has 2 atom stereocenters. The molecule has 2 aromatic rings. The molecule has 5 rings (SSSR count). The van der Waals surface area contributed by atoms with Crippen molar-refractivity contribution in [2.75, 3.05) is 39.5 Å². The average molecular weight is 400 g/mol. The summed E-state index contributed by atoms with van der Waals surface area (Å²) in [4.78, 5) is 9.61. The van der Waals surface area contributed by atoms with Gasteiger partial charge in [-0.1, -0.05) is 30.3 Å². The fourth-order valence-corrected chi connectivity index (χ4v) is 6.28. The van der Waals surface area contributed by atoms with E-state index < -0.39 is 0 Å². The van der Waals surface area contributed by atoms with Crippen molar-refractivity contribution in [2.24, 2.45) is 5.92 Å². The fourth-order valence-electron chi connectivity index (χ4n) is 5.63. The summed E-state index contributed by atoms with van der Waals surface area (Å²) in [6.07, 6.45) is 4.18. The van der Waals surface area contributed by atoms with Crippen molar-refractivity contribution >= 4 is 11.3 Å². The molecule has 4 heterocycles. The Bertz CT molecular complexity index is 757. The molecular formula is C22H29N3O2S. The van der Waals surface area contributed by atoms with Crippen LogP contribution in [0.5, 0.6) is 0 Å². The zero-order valence-corrected chi connectivity index (χ0v) is 17.1. The largest absolute Gasteiger partial charge is 0.395 e. The van der Waals surface area contributed by atoms with Crippen LogP contribution in [0.15, 0.2) is 41.9 Å². The zero-order valence-electron chi connectivity index (χ0n) is 16.2. The van der Waals surface area contributed by atoms with E-state index in [-0.39, 0.29) is 18.2 Å². The molecule has 0 unspecified atom stereocenters. The zero-order chi connectivity index (χ0) is 19.0. The Morgan fingerprint density at radius 2 is 1.96 bits per heavy atom. The van der Waals surface area contributed by atoms with Gasteiger partial charge in [-0.05, 0) is 24.3 Å². The standard InChI is InChI=1S/C22H29N3O2S/c26-14-19-21(18-4-2-1-3-5-18)22(25(19)12-17-6-9-27-10-7-17)15-24(16-22)13-20-23-8-11-28-20/h1-5,8,11,17,19,21,26H,6-7,9-10,12-16H2/t19-,21+/m0/s1. The van der Waals surface area contributed by atoms with E-state index in [0.29, 0.717) is 11.8 Å². The van der Waals surface area contributed by atoms with E-state index in [1.54, 1.807) is 11.3 Å². The summed E-state index contributed by atoms with van der Waals surface area (Å²) in [5.41, 5.74) is 1.53. The third-order valence-corrected chi connectivity index (χ3v) is 7.68. The second-order valence-corrected chi connectivity index (χ2v) is 9.50. The first-order valence-corrected chi connectivity index (χ1v) is 11.3. The van der Waals surface area contributed by atoms with Crippen LogP contribution in [0.4, 0.5) is 0 Å². The molecule has 0 saturated carbocycles. The van der Waals surface area contributed by atoms with Gasteiger partial charge in [0.05, 0.1) is 18.7 Å². The molecule has 3 aliphatic rings. The number of aromatic nitrogens is 1. The van der Waals surface area contributed by atoms with Gasteiger partial charge in [-0.25, -0.2) is 4.98 Å². The van der Waals surface area contributed by atoms with Gasteiger partial charge in [-0.2, -0.15) is 0 Å². The Kier molecular flexibility index (Phi) is 5.24. The number of benzene rings is 1. The molecule has 0 aliphatic carbocycles. The monoisotopic (exact) mass is 399 g/mol. The SMILES string of the molecule is OC[C@H]1[C@@H](c2ccccc2)C2(CN(Cc3nccs3)C2)N1CC1CCOCC1. The minimum atomic E-state index is 0.157. The summed E-state index contributed by atoms with van der Waals surface area (Å²) >= 11 is 1.74. The summed E-state index contributed by atoms with van der Waals surface area (Å²) in [6.45, 7) is 6.15. The summed E-state index contributed by atoms with van der Waals surface area (Å²) in [6, 6.07) is 11.1. The molecule has 3 fully saturated rings. The van der Waals surface area contributed by atoms with E-state index in [1.807, 2.05) is 6.20 Å². The number of rotatable bonds is 6. The van der Waals surface area contributed by atoms with Crippen molar-refractivity contribution in [3.05, 3.63) is 52.5 Å². The van der Waals surface area contributed by atoms with Crippen LogP contribution in [0, 0.1) is 5.92 Å². The second kappa shape index (κ2) is 7.84. The number of thiazole rings is 1. The number of ether oxygens (including phenoxy) is 1. The van der Waals surface area contributed by atoms with Gasteiger partial charge in [0, 0.05) is 56.4 Å². The van der Waals surface area contributed by atoms with Crippen LogP contribution in [-0.2, 0) is 11.3 Å². The first kappa shape index (κ1) is 18.7. The van der Waals surface area contributed by atoms with E-state index in [0.717, 1.165) is 52.2 Å². The number of hydrogen-bond acceptors (Lipinski definition) is 6. The van der Waals surface area contributed by atoms with Gasteiger partial charge in [-0.3, -0.25) is 9.80 Å². The lowest BCUT2D eigenvalue weighted by Crippen LogP contribution is -2.84. The molecule has 1 N–H and O–H groups in total. The van der Waals surface area contributed by atoms with Gasteiger partial charge in [0.25, 0.3) is 0 Å². The molecule has 3 saturated heterocycles. The van der Waals surface area contributed by atoms with Crippen molar-refractivity contribution < 1.29 is 9.84 Å². The number of aliphatic hydroxyl groups is 1. The lowest BCUT2D eigenvalue weighted by molar-refractivity contribution is -0.199. The highest BCUT2D eigenvalue weighted by molar-refractivity contribution is 7.09. The number of likely N-dealkylation sites (tertiary alicyclic amines) is 2. The van der Waals surface area contributed by atoms with Crippen molar-refractivity contribution in [3.63, 3.8) is 0 Å². The van der Waals surface area contributed by atoms with E-state index in [1.165, 1.54) is 10.6 Å². The Balaban J connectivity index is 1.36. The van der Waals surface area contributed by atoms with Gasteiger partial charge in [0.1, 0.15) is 5.01 Å². The molecule has 6 heteroatoms. The predicted octanol–water partition coefficient (Wildman–Crippen LogP) is 2.58. The number of hydrogen-bond donors (Lipinski definition) is 1. The summed E-state index contributed by atoms with van der Waals surface area (Å²) in [5.74, 6) is 1.09. The molecule has 150 valence electrons. The summed E-state index contributed by atoms with van der Waals surface area (Å²) in [7, 11) is 0. The quantitative estimate of drug-likeness (QED) is 0.809. The normalized spacial score (nSPS) is 28.2. The first-order valence-electron chi connectivity index (χ1n) is 10.4. The molecule has 0 bridgehead atoms. The first-order chi connectivity index (χ1) is 13.8. The maximum absolute atomic E-state index is 10.3. The highest BCUT2D eigenvalue weighted by Crippen LogP contribution is 2.54. The maximum Gasteiger partial charge on any atom is 0.107 e. The highest BCUT2D eigenvalue weighted by atomic mass is 32.1. The van der Waals surface area contributed by atoms with Gasteiger partial charge < -0.3 is 9.84 Å². The fraction of sp³-hybridized carbons (Fsp3) is 0.591. The Labute approximate surface area is 171 Å². The lowest BCUT2D eigenvalue weighted by atomic mass is 9.60. The lowest BCUT2D eigenvalue weighted by Gasteiger charge is -2.71.